The van der Waals surface area contributed by atoms with Gasteiger partial charge in [-0.2, -0.15) is 0 Å². The maximum absolute atomic E-state index is 13.6. The summed E-state index contributed by atoms with van der Waals surface area (Å²) in [6.07, 6.45) is 6.15. The zero-order valence-corrected chi connectivity index (χ0v) is 15.3. The summed E-state index contributed by atoms with van der Waals surface area (Å²) in [6.45, 7) is 1.74. The molecule has 1 aromatic carbocycles. The van der Waals surface area contributed by atoms with Crippen LogP contribution in [0.3, 0.4) is 0 Å². The molecule has 0 radical (unpaired) electrons. The molecule has 3 N–H and O–H groups in total. The predicted octanol–water partition coefficient (Wildman–Crippen LogP) is 3.33. The number of nitrogens with zero attached hydrogens (tertiary/aromatic N) is 2. The minimum Gasteiger partial charge on any atom is -0.370 e. The highest BCUT2D eigenvalue weighted by atomic mass is 127. The van der Waals surface area contributed by atoms with Crippen molar-refractivity contribution in [1.29, 1.82) is 0 Å². The lowest BCUT2D eigenvalue weighted by atomic mass is 10.0. The van der Waals surface area contributed by atoms with E-state index in [1.165, 1.54) is 25.7 Å². The van der Waals surface area contributed by atoms with E-state index in [0.717, 1.165) is 37.2 Å². The number of nitrogens with two attached hydrogens (primary N) is 1. The molecular weight excluding hydrogens is 413 g/mol. The average Bonchev–Trinajstić information content (AvgIpc) is 3.34. The number of piperidine rings is 1. The van der Waals surface area contributed by atoms with Crippen LogP contribution in [0.4, 0.5) is 14.5 Å². The van der Waals surface area contributed by atoms with Gasteiger partial charge in [-0.3, -0.25) is 9.89 Å². The van der Waals surface area contributed by atoms with Crippen molar-refractivity contribution >= 4 is 35.6 Å². The number of halogens is 3. The van der Waals surface area contributed by atoms with E-state index in [2.05, 4.69) is 15.2 Å². The van der Waals surface area contributed by atoms with Gasteiger partial charge < -0.3 is 11.1 Å². The Balaban J connectivity index is 0.00000192. The number of anilines is 1. The third-order valence-electron chi connectivity index (χ3n) is 4.35. The van der Waals surface area contributed by atoms with Gasteiger partial charge in [0, 0.05) is 18.2 Å². The number of hydrogen-bond donors (Lipinski definition) is 2. The van der Waals surface area contributed by atoms with Crippen molar-refractivity contribution in [3.8, 4) is 0 Å². The van der Waals surface area contributed by atoms with Gasteiger partial charge in [0.05, 0.1) is 12.2 Å². The number of aliphatic imine (C=N–C) groups is 1. The molecular formula is C16H23F2IN4. The van der Waals surface area contributed by atoms with Gasteiger partial charge in [-0.25, -0.2) is 8.78 Å². The van der Waals surface area contributed by atoms with Crippen LogP contribution in [0.1, 0.15) is 32.1 Å². The second-order valence-electron chi connectivity index (χ2n) is 6.09. The largest absolute Gasteiger partial charge is 0.370 e. The van der Waals surface area contributed by atoms with E-state index < -0.39 is 11.6 Å². The maximum atomic E-state index is 13.6. The molecule has 2 aliphatic rings. The number of rotatable bonds is 4. The minimum absolute atomic E-state index is 0. The van der Waals surface area contributed by atoms with E-state index in [-0.39, 0.29) is 35.6 Å². The highest BCUT2D eigenvalue weighted by molar-refractivity contribution is 14.0. The van der Waals surface area contributed by atoms with E-state index in [4.69, 9.17) is 5.73 Å². The van der Waals surface area contributed by atoms with Crippen molar-refractivity contribution in [3.63, 3.8) is 0 Å². The third-order valence-corrected chi connectivity index (χ3v) is 4.35. The molecule has 1 atom stereocenters. The molecule has 0 bridgehead atoms. The zero-order chi connectivity index (χ0) is 15.5. The molecule has 0 amide bonds. The fourth-order valence-corrected chi connectivity index (χ4v) is 3.08. The van der Waals surface area contributed by atoms with Crippen molar-refractivity contribution in [2.75, 3.05) is 18.4 Å². The molecule has 1 saturated carbocycles. The van der Waals surface area contributed by atoms with E-state index >= 15 is 0 Å². The van der Waals surface area contributed by atoms with Gasteiger partial charge in [0.1, 0.15) is 11.6 Å². The number of likely N-dealkylation sites (tertiary alicyclic amines) is 1. The Bertz CT molecular complexity index is 563. The van der Waals surface area contributed by atoms with Crippen molar-refractivity contribution in [1.82, 2.24) is 4.90 Å². The van der Waals surface area contributed by atoms with Gasteiger partial charge in [-0.05, 0) is 44.4 Å². The maximum Gasteiger partial charge on any atom is 0.193 e. The molecule has 0 spiro atoms. The SMILES string of the molecule is I.NC(=NCC1CCCCN1C1CC1)Nc1cc(F)ccc1F. The first-order valence-electron chi connectivity index (χ1n) is 7.91. The Hall–Kier alpha value is -0.960. The first-order chi connectivity index (χ1) is 10.6. The Morgan fingerprint density at radius 3 is 2.78 bits per heavy atom. The smallest absolute Gasteiger partial charge is 0.193 e. The van der Waals surface area contributed by atoms with Crippen molar-refractivity contribution in [2.45, 2.75) is 44.2 Å². The summed E-state index contributed by atoms with van der Waals surface area (Å²) in [5.74, 6) is -0.925. The first-order valence-corrected chi connectivity index (χ1v) is 7.91. The van der Waals surface area contributed by atoms with Crippen molar-refractivity contribution in [3.05, 3.63) is 29.8 Å². The molecule has 1 saturated heterocycles. The van der Waals surface area contributed by atoms with E-state index in [9.17, 15) is 8.78 Å². The van der Waals surface area contributed by atoms with Crippen molar-refractivity contribution < 1.29 is 8.78 Å². The highest BCUT2D eigenvalue weighted by Gasteiger charge is 2.34. The molecule has 7 heteroatoms. The van der Waals surface area contributed by atoms with Crippen LogP contribution in [0.5, 0.6) is 0 Å². The molecule has 2 fully saturated rings. The van der Waals surface area contributed by atoms with Gasteiger partial charge >= 0.3 is 0 Å². The summed E-state index contributed by atoms with van der Waals surface area (Å²) in [6, 6.07) is 4.35. The number of benzene rings is 1. The number of hydrogen-bond acceptors (Lipinski definition) is 2. The molecule has 1 aromatic rings. The fraction of sp³-hybridized carbons (Fsp3) is 0.562. The quantitative estimate of drug-likeness (QED) is 0.433. The van der Waals surface area contributed by atoms with Crippen LogP contribution in [0, 0.1) is 11.6 Å². The van der Waals surface area contributed by atoms with Crippen LogP contribution < -0.4 is 11.1 Å². The number of guanidine groups is 1. The van der Waals surface area contributed by atoms with Crippen LogP contribution in [-0.4, -0.2) is 36.0 Å². The topological polar surface area (TPSA) is 53.6 Å². The van der Waals surface area contributed by atoms with Gasteiger partial charge in [0.25, 0.3) is 0 Å². The predicted molar refractivity (Wildman–Crippen MR) is 99.3 cm³/mol. The Morgan fingerprint density at radius 1 is 1.26 bits per heavy atom. The molecule has 128 valence electrons. The Morgan fingerprint density at radius 2 is 2.04 bits per heavy atom. The fourth-order valence-electron chi connectivity index (χ4n) is 3.08. The normalized spacial score (nSPS) is 22.5. The van der Waals surface area contributed by atoms with Gasteiger partial charge in [-0.15, -0.1) is 24.0 Å². The summed E-state index contributed by atoms with van der Waals surface area (Å²) in [5, 5.41) is 2.64. The average molecular weight is 436 g/mol. The Labute approximate surface area is 152 Å². The van der Waals surface area contributed by atoms with E-state index in [1.807, 2.05) is 0 Å². The third kappa shape index (κ3) is 5.00. The van der Waals surface area contributed by atoms with E-state index in [1.54, 1.807) is 0 Å². The second kappa shape index (κ2) is 8.23. The van der Waals surface area contributed by atoms with Gasteiger partial charge in [-0.1, -0.05) is 6.42 Å². The lowest BCUT2D eigenvalue weighted by Gasteiger charge is -2.35. The molecule has 1 unspecified atom stereocenters. The molecule has 1 aliphatic carbocycles. The monoisotopic (exact) mass is 436 g/mol. The van der Waals surface area contributed by atoms with Crippen LogP contribution in [0.2, 0.25) is 0 Å². The summed E-state index contributed by atoms with van der Waals surface area (Å²) >= 11 is 0. The second-order valence-corrected chi connectivity index (χ2v) is 6.09. The molecule has 1 aliphatic heterocycles. The van der Waals surface area contributed by atoms with Crippen LogP contribution in [0.15, 0.2) is 23.2 Å². The van der Waals surface area contributed by atoms with Crippen LogP contribution in [0.25, 0.3) is 0 Å². The molecule has 23 heavy (non-hydrogen) atoms. The molecule has 1 heterocycles. The van der Waals surface area contributed by atoms with E-state index in [0.29, 0.717) is 12.6 Å². The van der Waals surface area contributed by atoms with Gasteiger partial charge in [0.15, 0.2) is 5.96 Å². The summed E-state index contributed by atoms with van der Waals surface area (Å²) in [5.41, 5.74) is 5.83. The van der Waals surface area contributed by atoms with Crippen molar-refractivity contribution in [2.24, 2.45) is 10.7 Å². The number of nitrogens with one attached hydrogen (secondary N) is 1. The lowest BCUT2D eigenvalue weighted by Crippen LogP contribution is -2.43. The molecule has 4 nitrogen and oxygen atoms in total. The first kappa shape index (κ1) is 18.4. The van der Waals surface area contributed by atoms with Crippen LogP contribution in [-0.2, 0) is 0 Å². The minimum atomic E-state index is -0.545. The highest BCUT2D eigenvalue weighted by Crippen LogP contribution is 2.32. The zero-order valence-electron chi connectivity index (χ0n) is 13.0. The summed E-state index contributed by atoms with van der Waals surface area (Å²) in [4.78, 5) is 6.86. The van der Waals surface area contributed by atoms with Gasteiger partial charge in [0.2, 0.25) is 0 Å². The lowest BCUT2D eigenvalue weighted by molar-refractivity contribution is 0.144. The molecule has 3 rings (SSSR count). The van der Waals surface area contributed by atoms with Crippen LogP contribution >= 0.6 is 24.0 Å². The Kier molecular flexibility index (Phi) is 6.58. The molecule has 0 aromatic heterocycles. The summed E-state index contributed by atoms with van der Waals surface area (Å²) < 4.78 is 26.7. The summed E-state index contributed by atoms with van der Waals surface area (Å²) in [7, 11) is 0. The standard InChI is InChI=1S/C16H22F2N4.HI/c17-11-4-7-14(18)15(9-11)21-16(19)20-10-13-3-1-2-8-22(13)12-5-6-12;/h4,7,9,12-13H,1-3,5-6,8,10H2,(H3,19,20,21);1H.